The zero-order valence-corrected chi connectivity index (χ0v) is 15.3. The van der Waals surface area contributed by atoms with Crippen molar-refractivity contribution < 1.29 is 9.90 Å². The third-order valence-electron chi connectivity index (χ3n) is 3.16. The second kappa shape index (κ2) is 15.7. The van der Waals surface area contributed by atoms with E-state index >= 15 is 0 Å². The van der Waals surface area contributed by atoms with E-state index in [1.54, 1.807) is 0 Å². The standard InChI is InChI=1S/C14H31N3O2.Na/c1-2-3-4-5-6-7-8-9-10-17(11-13(15)16)12-14(18)19;/h13H,2-12,15-16H2,1H3,(H,18,19);. The van der Waals surface area contributed by atoms with E-state index in [1.807, 2.05) is 4.90 Å². The molecule has 0 aliphatic carbocycles. The number of carboxylic acids is 1. The second-order valence-corrected chi connectivity index (χ2v) is 5.27. The Balaban J connectivity index is 0. The van der Waals surface area contributed by atoms with Gasteiger partial charge in [-0.1, -0.05) is 51.9 Å². The van der Waals surface area contributed by atoms with Crippen molar-refractivity contribution in [2.24, 2.45) is 11.5 Å². The van der Waals surface area contributed by atoms with Gasteiger partial charge in [0.2, 0.25) is 0 Å². The number of rotatable bonds is 13. The SMILES string of the molecule is CCCCCCCCCCN(CC(=O)O)CC(N)N.[Na]. The summed E-state index contributed by atoms with van der Waals surface area (Å²) in [5, 5.41) is 8.80. The Hall–Kier alpha value is 0.350. The van der Waals surface area contributed by atoms with Crippen molar-refractivity contribution in [2.75, 3.05) is 19.6 Å². The molecule has 0 fully saturated rings. The van der Waals surface area contributed by atoms with Gasteiger partial charge >= 0.3 is 5.97 Å². The summed E-state index contributed by atoms with van der Waals surface area (Å²) in [6, 6.07) is 0. The summed E-state index contributed by atoms with van der Waals surface area (Å²) in [4.78, 5) is 12.5. The fourth-order valence-electron chi connectivity index (χ4n) is 2.19. The Morgan fingerprint density at radius 1 is 1.05 bits per heavy atom. The summed E-state index contributed by atoms with van der Waals surface area (Å²) in [5.41, 5.74) is 11.0. The van der Waals surface area contributed by atoms with Gasteiger partial charge in [0.25, 0.3) is 0 Å². The third kappa shape index (κ3) is 16.4. The molecule has 0 heterocycles. The smallest absolute Gasteiger partial charge is 0.317 e. The molecule has 1 radical (unpaired) electrons. The van der Waals surface area contributed by atoms with Crippen LogP contribution in [0.15, 0.2) is 0 Å². The number of aliphatic carboxylic acids is 1. The van der Waals surface area contributed by atoms with Gasteiger partial charge in [-0.15, -0.1) is 0 Å². The van der Waals surface area contributed by atoms with Crippen LogP contribution in [0.5, 0.6) is 0 Å². The maximum atomic E-state index is 10.7. The number of carbonyl (C=O) groups is 1. The first-order valence-electron chi connectivity index (χ1n) is 7.51. The molecule has 0 aromatic rings. The molecule has 0 aliphatic rings. The maximum absolute atomic E-state index is 10.7. The van der Waals surface area contributed by atoms with Crippen LogP contribution < -0.4 is 11.5 Å². The van der Waals surface area contributed by atoms with Crippen LogP contribution in [-0.2, 0) is 4.79 Å². The van der Waals surface area contributed by atoms with E-state index in [1.165, 1.54) is 38.5 Å². The van der Waals surface area contributed by atoms with E-state index < -0.39 is 12.1 Å². The predicted molar refractivity (Wildman–Crippen MR) is 84.6 cm³/mol. The monoisotopic (exact) mass is 296 g/mol. The fraction of sp³-hybridized carbons (Fsp3) is 0.929. The first-order chi connectivity index (χ1) is 9.06. The second-order valence-electron chi connectivity index (χ2n) is 5.27. The number of unbranched alkanes of at least 4 members (excludes halogenated alkanes) is 7. The van der Waals surface area contributed by atoms with Crippen molar-refractivity contribution >= 4 is 35.5 Å². The van der Waals surface area contributed by atoms with Gasteiger partial charge in [0.15, 0.2) is 0 Å². The minimum absolute atomic E-state index is 0. The van der Waals surface area contributed by atoms with Crippen molar-refractivity contribution in [1.82, 2.24) is 4.90 Å². The fourth-order valence-corrected chi connectivity index (χ4v) is 2.19. The summed E-state index contributed by atoms with van der Waals surface area (Å²) in [6.07, 6.45) is 9.51. The largest absolute Gasteiger partial charge is 0.480 e. The number of hydrogen-bond donors (Lipinski definition) is 3. The predicted octanol–water partition coefficient (Wildman–Crippen LogP) is 1.38. The average Bonchev–Trinajstić information content (AvgIpc) is 2.30. The van der Waals surface area contributed by atoms with Crippen LogP contribution in [0.1, 0.15) is 58.3 Å². The zero-order chi connectivity index (χ0) is 14.5. The van der Waals surface area contributed by atoms with E-state index in [-0.39, 0.29) is 36.1 Å². The zero-order valence-electron chi connectivity index (χ0n) is 13.3. The van der Waals surface area contributed by atoms with Crippen molar-refractivity contribution in [1.29, 1.82) is 0 Å². The molecule has 0 rings (SSSR count). The molecular formula is C14H31N3NaO2. The van der Waals surface area contributed by atoms with E-state index in [4.69, 9.17) is 16.6 Å². The molecule has 5 N–H and O–H groups in total. The van der Waals surface area contributed by atoms with E-state index in [9.17, 15) is 4.79 Å². The molecule has 0 saturated carbocycles. The van der Waals surface area contributed by atoms with Crippen LogP contribution in [-0.4, -0.2) is 71.3 Å². The minimum Gasteiger partial charge on any atom is -0.480 e. The van der Waals surface area contributed by atoms with Crippen LogP contribution in [0.2, 0.25) is 0 Å². The van der Waals surface area contributed by atoms with Crippen molar-refractivity contribution in [3.8, 4) is 0 Å². The van der Waals surface area contributed by atoms with Crippen LogP contribution in [0, 0.1) is 0 Å². The molecule has 0 aliphatic heterocycles. The summed E-state index contributed by atoms with van der Waals surface area (Å²) in [5.74, 6) is -0.819. The summed E-state index contributed by atoms with van der Waals surface area (Å²) < 4.78 is 0. The topological polar surface area (TPSA) is 92.6 Å². The minimum atomic E-state index is -0.819. The molecule has 0 unspecified atom stereocenters. The van der Waals surface area contributed by atoms with Gasteiger partial charge in [-0.2, -0.15) is 0 Å². The van der Waals surface area contributed by atoms with Crippen LogP contribution in [0.3, 0.4) is 0 Å². The van der Waals surface area contributed by atoms with Gasteiger partial charge in [-0.05, 0) is 13.0 Å². The molecule has 20 heavy (non-hydrogen) atoms. The first kappa shape index (κ1) is 22.6. The molecular weight excluding hydrogens is 265 g/mol. The van der Waals surface area contributed by atoms with E-state index in [0.29, 0.717) is 6.54 Å². The van der Waals surface area contributed by atoms with Gasteiger partial charge in [-0.25, -0.2) is 0 Å². The van der Waals surface area contributed by atoms with Crippen LogP contribution in [0.4, 0.5) is 0 Å². The normalized spacial score (nSPS) is 10.8. The average molecular weight is 296 g/mol. The molecule has 0 amide bonds. The molecule has 5 nitrogen and oxygen atoms in total. The molecule has 0 aromatic carbocycles. The van der Waals surface area contributed by atoms with Crippen molar-refractivity contribution in [3.63, 3.8) is 0 Å². The van der Waals surface area contributed by atoms with Gasteiger partial charge < -0.3 is 16.6 Å². The Labute approximate surface area is 145 Å². The molecule has 0 bridgehead atoms. The van der Waals surface area contributed by atoms with Crippen LogP contribution >= 0.6 is 0 Å². The van der Waals surface area contributed by atoms with Crippen molar-refractivity contribution in [2.45, 2.75) is 64.5 Å². The molecule has 0 aromatic heterocycles. The number of nitrogens with two attached hydrogens (primary N) is 2. The summed E-state index contributed by atoms with van der Waals surface area (Å²) in [7, 11) is 0. The van der Waals surface area contributed by atoms with E-state index in [2.05, 4.69) is 6.92 Å². The third-order valence-corrected chi connectivity index (χ3v) is 3.16. The van der Waals surface area contributed by atoms with Gasteiger partial charge in [0.1, 0.15) is 0 Å². The number of nitrogens with zero attached hydrogens (tertiary/aromatic N) is 1. The summed E-state index contributed by atoms with van der Waals surface area (Å²) in [6.45, 7) is 3.47. The quantitative estimate of drug-likeness (QED) is 0.271. The van der Waals surface area contributed by atoms with E-state index in [0.717, 1.165) is 19.4 Å². The molecule has 0 saturated heterocycles. The Morgan fingerprint density at radius 3 is 2.00 bits per heavy atom. The molecule has 6 heteroatoms. The Bertz CT molecular complexity index is 228. The first-order valence-corrected chi connectivity index (χ1v) is 7.51. The molecule has 0 spiro atoms. The maximum Gasteiger partial charge on any atom is 0.317 e. The number of hydrogen-bond acceptors (Lipinski definition) is 4. The Kier molecular flexibility index (Phi) is 17.8. The van der Waals surface area contributed by atoms with Gasteiger partial charge in [0, 0.05) is 36.1 Å². The number of carboxylic acid groups (broad SMARTS) is 1. The summed E-state index contributed by atoms with van der Waals surface area (Å²) >= 11 is 0. The van der Waals surface area contributed by atoms with Gasteiger partial charge in [0.05, 0.1) is 12.7 Å². The molecule has 115 valence electrons. The van der Waals surface area contributed by atoms with Crippen molar-refractivity contribution in [3.05, 3.63) is 0 Å². The van der Waals surface area contributed by atoms with Gasteiger partial charge in [-0.3, -0.25) is 9.69 Å². The Morgan fingerprint density at radius 2 is 1.55 bits per heavy atom. The molecule has 0 atom stereocenters. The van der Waals surface area contributed by atoms with Crippen LogP contribution in [0.25, 0.3) is 0 Å².